The normalized spacial score (nSPS) is 12.6. The van der Waals surface area contributed by atoms with Crippen LogP contribution < -0.4 is 16.6 Å². The van der Waals surface area contributed by atoms with Crippen LogP contribution in [0.2, 0.25) is 0 Å². The van der Waals surface area contributed by atoms with Crippen LogP contribution in [0, 0.1) is 5.92 Å². The minimum absolute atomic E-state index is 0.216. The first-order chi connectivity index (χ1) is 10.2. The van der Waals surface area contributed by atoms with E-state index in [9.17, 15) is 0 Å². The second-order valence-electron chi connectivity index (χ2n) is 4.99. The molecular formula is C14H23N5OS. The van der Waals surface area contributed by atoms with E-state index in [-0.39, 0.29) is 6.61 Å². The highest BCUT2D eigenvalue weighted by Crippen LogP contribution is 2.30. The Kier molecular flexibility index (Phi) is 5.72. The zero-order valence-electron chi connectivity index (χ0n) is 12.5. The number of aromatic nitrogens is 2. The molecule has 5 N–H and O–H groups in total. The highest BCUT2D eigenvalue weighted by Gasteiger charge is 2.12. The molecule has 0 fully saturated rings. The van der Waals surface area contributed by atoms with Crippen LogP contribution in [0.25, 0.3) is 10.2 Å². The fourth-order valence-corrected chi connectivity index (χ4v) is 3.19. The standard InChI is InChI=1S/C14H23N5OS/c1-3-9(5-6-20)8-16-12-11-7-10(4-2)21-13(11)18-14(17-12)19-15/h7,9,20H,3-6,8,15H2,1-2H3,(H2,16,17,18,19). The number of thiophene rings is 1. The predicted molar refractivity (Wildman–Crippen MR) is 88.6 cm³/mol. The SMILES string of the molecule is CCc1cc2c(NCC(CC)CCO)nc(NN)nc2s1. The number of nitrogens with zero attached hydrogens (tertiary/aromatic N) is 2. The van der Waals surface area contributed by atoms with E-state index < -0.39 is 0 Å². The number of hydrogen-bond donors (Lipinski definition) is 4. The molecule has 0 aliphatic heterocycles. The van der Waals surface area contributed by atoms with E-state index in [1.807, 2.05) is 0 Å². The number of aliphatic hydroxyl groups is 1. The monoisotopic (exact) mass is 309 g/mol. The summed E-state index contributed by atoms with van der Waals surface area (Å²) in [6, 6.07) is 2.13. The van der Waals surface area contributed by atoms with E-state index in [4.69, 9.17) is 10.9 Å². The van der Waals surface area contributed by atoms with Crippen LogP contribution >= 0.6 is 11.3 Å². The summed E-state index contributed by atoms with van der Waals surface area (Å²) in [5.41, 5.74) is 2.52. The van der Waals surface area contributed by atoms with Crippen molar-refractivity contribution in [2.75, 3.05) is 23.9 Å². The molecule has 2 heterocycles. The van der Waals surface area contributed by atoms with Crippen LogP contribution in [0.1, 0.15) is 31.6 Å². The molecular weight excluding hydrogens is 286 g/mol. The van der Waals surface area contributed by atoms with Gasteiger partial charge < -0.3 is 10.4 Å². The zero-order valence-corrected chi connectivity index (χ0v) is 13.3. The summed E-state index contributed by atoms with van der Waals surface area (Å²) in [6.45, 7) is 5.25. The topological polar surface area (TPSA) is 96.1 Å². The van der Waals surface area contributed by atoms with Crippen molar-refractivity contribution in [2.45, 2.75) is 33.1 Å². The van der Waals surface area contributed by atoms with Crippen molar-refractivity contribution in [3.05, 3.63) is 10.9 Å². The fourth-order valence-electron chi connectivity index (χ4n) is 2.22. The minimum atomic E-state index is 0.216. The van der Waals surface area contributed by atoms with Gasteiger partial charge in [-0.2, -0.15) is 4.98 Å². The van der Waals surface area contributed by atoms with Gasteiger partial charge in [-0.15, -0.1) is 11.3 Å². The molecule has 2 aromatic rings. The first kappa shape index (κ1) is 15.9. The summed E-state index contributed by atoms with van der Waals surface area (Å²) in [5.74, 6) is 7.10. The quantitative estimate of drug-likeness (QED) is 0.441. The second kappa shape index (κ2) is 7.53. The number of rotatable bonds is 8. The van der Waals surface area contributed by atoms with Gasteiger partial charge in [0.2, 0.25) is 5.95 Å². The lowest BCUT2D eigenvalue weighted by molar-refractivity contribution is 0.258. The molecule has 1 atom stereocenters. The molecule has 0 aliphatic carbocycles. The number of hydrazine groups is 1. The van der Waals surface area contributed by atoms with Crippen molar-refractivity contribution in [3.63, 3.8) is 0 Å². The zero-order chi connectivity index (χ0) is 15.2. The lowest BCUT2D eigenvalue weighted by Crippen LogP contribution is -2.17. The Labute approximate surface area is 128 Å². The molecule has 0 saturated heterocycles. The molecule has 0 spiro atoms. The van der Waals surface area contributed by atoms with Gasteiger partial charge in [-0.05, 0) is 24.8 Å². The molecule has 21 heavy (non-hydrogen) atoms. The maximum Gasteiger partial charge on any atom is 0.240 e. The number of anilines is 2. The van der Waals surface area contributed by atoms with E-state index in [0.29, 0.717) is 11.9 Å². The summed E-state index contributed by atoms with van der Waals surface area (Å²) in [5, 5.41) is 13.5. The Morgan fingerprint density at radius 3 is 2.81 bits per heavy atom. The maximum absolute atomic E-state index is 9.08. The summed E-state index contributed by atoms with van der Waals surface area (Å²) in [6.07, 6.45) is 2.80. The van der Waals surface area contributed by atoms with Gasteiger partial charge in [0, 0.05) is 18.0 Å². The molecule has 0 bridgehead atoms. The first-order valence-electron chi connectivity index (χ1n) is 7.33. The third-order valence-corrected chi connectivity index (χ3v) is 4.77. The number of nitrogens with one attached hydrogen (secondary N) is 2. The number of aliphatic hydroxyl groups excluding tert-OH is 1. The van der Waals surface area contributed by atoms with Gasteiger partial charge in [0.1, 0.15) is 10.6 Å². The summed E-state index contributed by atoms with van der Waals surface area (Å²) < 4.78 is 0. The average molecular weight is 309 g/mol. The Bertz CT molecular complexity index is 586. The molecule has 0 amide bonds. The molecule has 1 unspecified atom stereocenters. The van der Waals surface area contributed by atoms with E-state index in [1.54, 1.807) is 11.3 Å². The fraction of sp³-hybridized carbons (Fsp3) is 0.571. The lowest BCUT2D eigenvalue weighted by atomic mass is 10.0. The highest BCUT2D eigenvalue weighted by molar-refractivity contribution is 7.18. The van der Waals surface area contributed by atoms with Crippen molar-refractivity contribution in [3.8, 4) is 0 Å². The Morgan fingerprint density at radius 1 is 1.38 bits per heavy atom. The summed E-state index contributed by atoms with van der Waals surface area (Å²) in [7, 11) is 0. The number of nitrogens with two attached hydrogens (primary N) is 1. The van der Waals surface area contributed by atoms with Crippen LogP contribution in [0.5, 0.6) is 0 Å². The second-order valence-corrected chi connectivity index (χ2v) is 6.11. The van der Waals surface area contributed by atoms with Crippen molar-refractivity contribution < 1.29 is 5.11 Å². The van der Waals surface area contributed by atoms with Gasteiger partial charge in [-0.1, -0.05) is 20.3 Å². The molecule has 116 valence electrons. The van der Waals surface area contributed by atoms with Gasteiger partial charge >= 0.3 is 0 Å². The largest absolute Gasteiger partial charge is 0.396 e. The van der Waals surface area contributed by atoms with Crippen molar-refractivity contribution >= 4 is 33.3 Å². The molecule has 0 aliphatic rings. The molecule has 6 nitrogen and oxygen atoms in total. The van der Waals surface area contributed by atoms with E-state index in [2.05, 4.69) is 40.6 Å². The Hall–Kier alpha value is -1.44. The molecule has 0 aromatic carbocycles. The lowest BCUT2D eigenvalue weighted by Gasteiger charge is -2.15. The molecule has 2 aromatic heterocycles. The third kappa shape index (κ3) is 3.81. The third-order valence-electron chi connectivity index (χ3n) is 3.59. The number of aryl methyl sites for hydroxylation is 1. The molecule has 0 radical (unpaired) electrons. The van der Waals surface area contributed by atoms with Gasteiger partial charge in [0.05, 0.1) is 5.39 Å². The van der Waals surface area contributed by atoms with E-state index >= 15 is 0 Å². The van der Waals surface area contributed by atoms with Gasteiger partial charge in [0.25, 0.3) is 0 Å². The molecule has 2 rings (SSSR count). The van der Waals surface area contributed by atoms with Crippen LogP contribution in [-0.4, -0.2) is 28.2 Å². The smallest absolute Gasteiger partial charge is 0.240 e. The maximum atomic E-state index is 9.08. The predicted octanol–water partition coefficient (Wildman–Crippen LogP) is 2.36. The van der Waals surface area contributed by atoms with Crippen molar-refractivity contribution in [1.82, 2.24) is 9.97 Å². The number of fused-ring (bicyclic) bond motifs is 1. The highest BCUT2D eigenvalue weighted by atomic mass is 32.1. The Balaban J connectivity index is 2.26. The van der Waals surface area contributed by atoms with E-state index in [1.165, 1.54) is 4.88 Å². The van der Waals surface area contributed by atoms with Crippen LogP contribution in [-0.2, 0) is 6.42 Å². The van der Waals surface area contributed by atoms with Gasteiger partial charge in [-0.25, -0.2) is 10.8 Å². The van der Waals surface area contributed by atoms with Crippen molar-refractivity contribution in [2.24, 2.45) is 11.8 Å². The molecule has 7 heteroatoms. The molecule has 0 saturated carbocycles. The van der Waals surface area contributed by atoms with Gasteiger partial charge in [-0.3, -0.25) is 5.43 Å². The summed E-state index contributed by atoms with van der Waals surface area (Å²) >= 11 is 1.66. The summed E-state index contributed by atoms with van der Waals surface area (Å²) in [4.78, 5) is 11.0. The van der Waals surface area contributed by atoms with Crippen LogP contribution in [0.4, 0.5) is 11.8 Å². The van der Waals surface area contributed by atoms with Crippen LogP contribution in [0.15, 0.2) is 6.07 Å². The average Bonchev–Trinajstić information content (AvgIpc) is 2.94. The number of nitrogen functional groups attached to an aromatic ring is 1. The van der Waals surface area contributed by atoms with Crippen molar-refractivity contribution in [1.29, 1.82) is 0 Å². The van der Waals surface area contributed by atoms with Crippen LogP contribution in [0.3, 0.4) is 0 Å². The minimum Gasteiger partial charge on any atom is -0.396 e. The Morgan fingerprint density at radius 2 is 2.19 bits per heavy atom. The number of hydrogen-bond acceptors (Lipinski definition) is 7. The van der Waals surface area contributed by atoms with E-state index in [0.717, 1.165) is 41.8 Å². The van der Waals surface area contributed by atoms with Gasteiger partial charge in [0.15, 0.2) is 0 Å². The first-order valence-corrected chi connectivity index (χ1v) is 8.15.